The molecule has 0 unspecified atom stereocenters. The Bertz CT molecular complexity index is 1440. The van der Waals surface area contributed by atoms with Crippen molar-refractivity contribution in [2.75, 3.05) is 25.6 Å². The third-order valence-electron chi connectivity index (χ3n) is 7.90. The number of hydrogen-bond donors (Lipinski definition) is 2. The Morgan fingerprint density at radius 1 is 1.17 bits per heavy atom. The number of benzene rings is 2. The maximum absolute atomic E-state index is 15.2. The molecule has 2 N–H and O–H groups in total. The first-order valence-corrected chi connectivity index (χ1v) is 14.7. The van der Waals surface area contributed by atoms with Crippen LogP contribution >= 0.6 is 23.1 Å². The number of carboxylic acid groups (broad SMARTS) is 1. The van der Waals surface area contributed by atoms with Gasteiger partial charge in [-0.2, -0.15) is 4.37 Å². The third-order valence-corrected chi connectivity index (χ3v) is 9.04. The number of anilines is 1. The number of nitrogens with zero attached hydrogens (tertiary/aromatic N) is 2. The summed E-state index contributed by atoms with van der Waals surface area (Å²) in [6.07, 6.45) is 2.64. The molecule has 0 bridgehead atoms. The van der Waals surface area contributed by atoms with Crippen LogP contribution in [0, 0.1) is 11.7 Å². The number of carbonyl (C=O) groups excluding carboxylic acids is 2. The van der Waals surface area contributed by atoms with E-state index in [2.05, 4.69) is 9.69 Å². The number of carbonyl (C=O) groups is 3. The highest BCUT2D eigenvalue weighted by Crippen LogP contribution is 2.31. The molecule has 5 rings (SSSR count). The second kappa shape index (κ2) is 12.8. The lowest BCUT2D eigenvalue weighted by Crippen LogP contribution is -2.40. The normalized spacial score (nSPS) is 22.7. The summed E-state index contributed by atoms with van der Waals surface area (Å²) < 4.78 is 31.8. The Hall–Kier alpha value is -3.12. The second-order valence-electron chi connectivity index (χ2n) is 10.5. The Morgan fingerprint density at radius 2 is 1.93 bits per heavy atom. The second-order valence-corrected chi connectivity index (χ2v) is 11.7. The van der Waals surface area contributed by atoms with Gasteiger partial charge in [-0.05, 0) is 67.4 Å². The Kier molecular flexibility index (Phi) is 9.18. The first-order chi connectivity index (χ1) is 19.7. The molecular weight excluding hydrogens is 573 g/mol. The fraction of sp³-hybridized carbons (Fsp3) is 0.448. The minimum absolute atomic E-state index is 0.0505. The number of halogens is 2. The van der Waals surface area contributed by atoms with E-state index in [1.54, 1.807) is 18.1 Å². The van der Waals surface area contributed by atoms with Crippen LogP contribution in [0.2, 0.25) is 5.02 Å². The zero-order chi connectivity index (χ0) is 29.1. The van der Waals surface area contributed by atoms with Crippen LogP contribution < -0.4 is 5.32 Å². The predicted octanol–water partition coefficient (Wildman–Crippen LogP) is 5.16. The minimum atomic E-state index is -0.769. The number of carboxylic acids is 1. The molecule has 41 heavy (non-hydrogen) atoms. The third kappa shape index (κ3) is 6.69. The van der Waals surface area contributed by atoms with Gasteiger partial charge in [0.2, 0.25) is 5.91 Å². The van der Waals surface area contributed by atoms with Crippen LogP contribution in [0.25, 0.3) is 10.1 Å². The quantitative estimate of drug-likeness (QED) is 0.347. The van der Waals surface area contributed by atoms with Crippen molar-refractivity contribution in [2.45, 2.75) is 56.8 Å². The van der Waals surface area contributed by atoms with E-state index in [0.717, 1.165) is 10.8 Å². The van der Waals surface area contributed by atoms with Gasteiger partial charge in [0.1, 0.15) is 11.5 Å². The summed E-state index contributed by atoms with van der Waals surface area (Å²) >= 11 is 7.60. The number of amides is 2. The molecule has 1 saturated heterocycles. The summed E-state index contributed by atoms with van der Waals surface area (Å²) in [5.74, 6) is -2.55. The molecule has 2 aliphatic rings. The van der Waals surface area contributed by atoms with Crippen molar-refractivity contribution in [3.05, 3.63) is 58.5 Å². The van der Waals surface area contributed by atoms with Gasteiger partial charge in [0.25, 0.3) is 5.91 Å². The summed E-state index contributed by atoms with van der Waals surface area (Å²) in [5.41, 5.74) is 0.433. The van der Waals surface area contributed by atoms with E-state index in [1.807, 2.05) is 18.2 Å². The molecular formula is C29H31ClFN3O6S. The smallest absolute Gasteiger partial charge is 0.306 e. The molecule has 0 spiro atoms. The van der Waals surface area contributed by atoms with Crippen LogP contribution in [0.5, 0.6) is 0 Å². The van der Waals surface area contributed by atoms with Gasteiger partial charge in [-0.1, -0.05) is 29.8 Å². The highest BCUT2D eigenvalue weighted by Gasteiger charge is 2.37. The lowest BCUT2D eigenvalue weighted by atomic mass is 9.87. The van der Waals surface area contributed by atoms with Crippen LogP contribution in [0.3, 0.4) is 0 Å². The molecule has 1 saturated carbocycles. The molecule has 2 fully saturated rings. The van der Waals surface area contributed by atoms with Crippen molar-refractivity contribution in [3.63, 3.8) is 0 Å². The number of rotatable bonds is 9. The zero-order valence-electron chi connectivity index (χ0n) is 22.5. The van der Waals surface area contributed by atoms with E-state index in [-0.39, 0.29) is 58.5 Å². The van der Waals surface area contributed by atoms with E-state index in [0.29, 0.717) is 50.6 Å². The first-order valence-electron chi connectivity index (χ1n) is 13.5. The van der Waals surface area contributed by atoms with Gasteiger partial charge in [-0.25, -0.2) is 4.39 Å². The lowest BCUT2D eigenvalue weighted by molar-refractivity contribution is -0.144. The monoisotopic (exact) mass is 603 g/mol. The van der Waals surface area contributed by atoms with Crippen LogP contribution in [-0.4, -0.2) is 70.7 Å². The number of methoxy groups -OCH3 is 1. The average Bonchev–Trinajstić information content (AvgIpc) is 3.59. The van der Waals surface area contributed by atoms with Gasteiger partial charge in [-0.3, -0.25) is 14.4 Å². The maximum atomic E-state index is 15.2. The van der Waals surface area contributed by atoms with Gasteiger partial charge < -0.3 is 24.8 Å². The van der Waals surface area contributed by atoms with Gasteiger partial charge in [0.05, 0.1) is 52.6 Å². The van der Waals surface area contributed by atoms with E-state index >= 15 is 4.39 Å². The molecule has 1 aliphatic heterocycles. The molecule has 2 heterocycles. The molecule has 0 radical (unpaired) electrons. The Morgan fingerprint density at radius 3 is 2.66 bits per heavy atom. The molecule has 3 aromatic rings. The van der Waals surface area contributed by atoms with Crippen LogP contribution in [0.4, 0.5) is 10.1 Å². The minimum Gasteiger partial charge on any atom is -0.481 e. The highest BCUT2D eigenvalue weighted by molar-refractivity contribution is 7.13. The molecule has 1 aliphatic carbocycles. The van der Waals surface area contributed by atoms with Crippen LogP contribution in [0.15, 0.2) is 36.4 Å². The van der Waals surface area contributed by atoms with E-state index < -0.39 is 17.7 Å². The fourth-order valence-electron chi connectivity index (χ4n) is 5.55. The molecule has 9 nitrogen and oxygen atoms in total. The molecule has 2 aromatic carbocycles. The number of nitrogens with one attached hydrogen (secondary N) is 1. The van der Waals surface area contributed by atoms with E-state index in [4.69, 9.17) is 21.1 Å². The van der Waals surface area contributed by atoms with Crippen molar-refractivity contribution in [3.8, 4) is 0 Å². The van der Waals surface area contributed by atoms with Crippen molar-refractivity contribution in [1.82, 2.24) is 9.27 Å². The summed E-state index contributed by atoms with van der Waals surface area (Å²) in [4.78, 5) is 39.0. The van der Waals surface area contributed by atoms with Crippen molar-refractivity contribution >= 4 is 56.7 Å². The SMILES string of the molecule is CO[C@H]1C[C@@H](COC2CCC(C(=O)O)CC2)N(C(=O)Cc2cc(Cl)c(NC(=O)c3nsc4ccccc34)cc2F)C1. The molecule has 2 amide bonds. The van der Waals surface area contributed by atoms with E-state index in [9.17, 15) is 19.5 Å². The Labute approximate surface area is 245 Å². The maximum Gasteiger partial charge on any atom is 0.306 e. The van der Waals surface area contributed by atoms with E-state index in [1.165, 1.54) is 17.6 Å². The topological polar surface area (TPSA) is 118 Å². The summed E-state index contributed by atoms with van der Waals surface area (Å²) in [5, 5.41) is 12.6. The van der Waals surface area contributed by atoms with Crippen LogP contribution in [0.1, 0.15) is 48.2 Å². The van der Waals surface area contributed by atoms with Crippen molar-refractivity contribution in [2.24, 2.45) is 5.92 Å². The molecule has 2 atom stereocenters. The summed E-state index contributed by atoms with van der Waals surface area (Å²) in [6.45, 7) is 0.660. The standard InChI is InChI=1S/C29H31ClFN3O6S/c1-39-20-12-18(15-40-19-8-6-16(7-9-19)29(37)38)34(14-20)26(35)11-17-10-22(30)24(13-23(17)31)32-28(36)27-21-4-2-3-5-25(21)41-33-27/h2-5,10,13,16,18-20H,6-9,11-12,14-15H2,1H3,(H,32,36)(H,37,38)/t16?,18-,19?,20-/m0/s1. The first kappa shape index (κ1) is 29.4. The lowest BCUT2D eigenvalue weighted by Gasteiger charge is -2.30. The summed E-state index contributed by atoms with van der Waals surface area (Å²) in [7, 11) is 1.59. The van der Waals surface area contributed by atoms with Gasteiger partial charge in [-0.15, -0.1) is 0 Å². The number of aliphatic carboxylic acids is 1. The zero-order valence-corrected chi connectivity index (χ0v) is 24.0. The molecule has 1 aromatic heterocycles. The number of likely N-dealkylation sites (tertiary alicyclic amines) is 1. The highest BCUT2D eigenvalue weighted by atomic mass is 35.5. The van der Waals surface area contributed by atoms with Gasteiger partial charge in [0.15, 0.2) is 0 Å². The average molecular weight is 604 g/mol. The Balaban J connectivity index is 1.22. The number of ether oxygens (including phenoxy) is 2. The number of aromatic nitrogens is 1. The largest absolute Gasteiger partial charge is 0.481 e. The molecule has 218 valence electrons. The number of hydrogen-bond acceptors (Lipinski definition) is 7. The van der Waals surface area contributed by atoms with Crippen molar-refractivity contribution in [1.29, 1.82) is 0 Å². The summed E-state index contributed by atoms with van der Waals surface area (Å²) in [6, 6.07) is 9.56. The fourth-order valence-corrected chi connectivity index (χ4v) is 6.55. The van der Waals surface area contributed by atoms with Gasteiger partial charge >= 0.3 is 5.97 Å². The van der Waals surface area contributed by atoms with Crippen molar-refractivity contribution < 1.29 is 33.4 Å². The number of fused-ring (bicyclic) bond motifs is 1. The van der Waals surface area contributed by atoms with Gasteiger partial charge in [0, 0.05) is 19.0 Å². The van der Waals surface area contributed by atoms with Crippen LogP contribution in [-0.2, 0) is 25.5 Å². The predicted molar refractivity (Wildman–Crippen MR) is 153 cm³/mol. The molecule has 12 heteroatoms.